The van der Waals surface area contributed by atoms with Crippen molar-refractivity contribution in [3.63, 3.8) is 0 Å². The van der Waals surface area contributed by atoms with Crippen LogP contribution in [0.15, 0.2) is 48.5 Å². The molecule has 0 atom stereocenters. The third-order valence-electron chi connectivity index (χ3n) is 5.58. The minimum absolute atomic E-state index is 0.134. The molecule has 0 saturated carbocycles. The molecule has 2 aromatic rings. The fourth-order valence-corrected chi connectivity index (χ4v) is 4.73. The minimum Gasteiger partial charge on any atom is -0.497 e. The second-order valence-electron chi connectivity index (χ2n) is 8.15. The number of nitrogens with one attached hydrogen (secondary N) is 1. The Bertz CT molecular complexity index is 1050. The number of carbonyl (C=O) groups is 2. The number of ether oxygens (including phenoxy) is 1. The number of nitrogens with zero attached hydrogens (tertiary/aromatic N) is 2. The molecule has 0 unspecified atom stereocenters. The summed E-state index contributed by atoms with van der Waals surface area (Å²) in [4.78, 5) is 25.9. The van der Waals surface area contributed by atoms with Gasteiger partial charge in [-0.1, -0.05) is 24.3 Å². The molecule has 9 heteroatoms. The second-order valence-corrected chi connectivity index (χ2v) is 10.1. The first-order valence-electron chi connectivity index (χ1n) is 11.0. The molecule has 178 valence electrons. The molecule has 8 nitrogen and oxygen atoms in total. The van der Waals surface area contributed by atoms with Crippen molar-refractivity contribution in [1.82, 2.24) is 10.2 Å². The van der Waals surface area contributed by atoms with E-state index in [1.807, 2.05) is 29.2 Å². The van der Waals surface area contributed by atoms with E-state index in [1.54, 1.807) is 31.4 Å². The molecule has 0 bridgehead atoms. The number of methoxy groups -OCH3 is 1. The van der Waals surface area contributed by atoms with Gasteiger partial charge in [0.2, 0.25) is 21.8 Å². The van der Waals surface area contributed by atoms with Crippen LogP contribution in [0.25, 0.3) is 0 Å². The molecule has 0 aromatic heterocycles. The van der Waals surface area contributed by atoms with Crippen molar-refractivity contribution < 1.29 is 22.7 Å². The van der Waals surface area contributed by atoms with Crippen LogP contribution in [0.3, 0.4) is 0 Å². The Morgan fingerprint density at radius 3 is 2.33 bits per heavy atom. The van der Waals surface area contributed by atoms with Crippen LogP contribution in [-0.2, 0) is 32.7 Å². The lowest BCUT2D eigenvalue weighted by atomic mass is 10.1. The van der Waals surface area contributed by atoms with Gasteiger partial charge in [0.15, 0.2) is 0 Å². The van der Waals surface area contributed by atoms with Crippen molar-refractivity contribution in [2.45, 2.75) is 38.8 Å². The molecule has 1 aliphatic rings. The highest BCUT2D eigenvalue weighted by Crippen LogP contribution is 2.22. The number of hydrogen-bond donors (Lipinski definition) is 1. The Labute approximate surface area is 195 Å². The molecule has 2 amide bonds. The van der Waals surface area contributed by atoms with Crippen LogP contribution in [0.5, 0.6) is 5.75 Å². The summed E-state index contributed by atoms with van der Waals surface area (Å²) in [6, 6.07) is 14.6. The Morgan fingerprint density at radius 2 is 1.76 bits per heavy atom. The van der Waals surface area contributed by atoms with Crippen LogP contribution in [0.2, 0.25) is 0 Å². The quantitative estimate of drug-likeness (QED) is 0.541. The van der Waals surface area contributed by atoms with Gasteiger partial charge in [0.25, 0.3) is 0 Å². The van der Waals surface area contributed by atoms with Gasteiger partial charge in [0, 0.05) is 39.0 Å². The second kappa shape index (κ2) is 11.2. The van der Waals surface area contributed by atoms with E-state index < -0.39 is 10.0 Å². The third kappa shape index (κ3) is 7.21. The monoisotopic (exact) mass is 473 g/mol. The van der Waals surface area contributed by atoms with Crippen LogP contribution >= 0.6 is 0 Å². The van der Waals surface area contributed by atoms with Gasteiger partial charge in [-0.3, -0.25) is 13.9 Å². The third-order valence-corrected chi connectivity index (χ3v) is 6.78. The van der Waals surface area contributed by atoms with Crippen molar-refractivity contribution in [2.24, 2.45) is 0 Å². The van der Waals surface area contributed by atoms with Gasteiger partial charge >= 0.3 is 0 Å². The van der Waals surface area contributed by atoms with E-state index in [0.29, 0.717) is 37.4 Å². The number of anilines is 1. The number of benzene rings is 2. The molecule has 33 heavy (non-hydrogen) atoms. The first-order valence-corrected chi connectivity index (χ1v) is 12.8. The normalized spacial score (nSPS) is 13.8. The zero-order valence-electron chi connectivity index (χ0n) is 19.1. The summed E-state index contributed by atoms with van der Waals surface area (Å²) < 4.78 is 30.8. The molecule has 1 N–H and O–H groups in total. The van der Waals surface area contributed by atoms with E-state index in [-0.39, 0.29) is 24.8 Å². The van der Waals surface area contributed by atoms with E-state index in [1.165, 1.54) is 4.31 Å². The fraction of sp³-hybridized carbons (Fsp3) is 0.417. The molecule has 1 saturated heterocycles. The van der Waals surface area contributed by atoms with Crippen LogP contribution in [0.1, 0.15) is 36.8 Å². The van der Waals surface area contributed by atoms with Crippen LogP contribution < -0.4 is 14.4 Å². The summed E-state index contributed by atoms with van der Waals surface area (Å²) in [5, 5.41) is 2.88. The van der Waals surface area contributed by atoms with Gasteiger partial charge in [-0.25, -0.2) is 8.42 Å². The summed E-state index contributed by atoms with van der Waals surface area (Å²) in [7, 11) is -1.92. The largest absolute Gasteiger partial charge is 0.497 e. The maximum atomic E-state index is 12.3. The van der Waals surface area contributed by atoms with Crippen LogP contribution in [0.4, 0.5) is 5.69 Å². The molecular formula is C24H31N3O5S. The Kier molecular flexibility index (Phi) is 8.32. The minimum atomic E-state index is -3.47. The number of rotatable bonds is 11. The van der Waals surface area contributed by atoms with Gasteiger partial charge in [0.1, 0.15) is 5.75 Å². The lowest BCUT2D eigenvalue weighted by Crippen LogP contribution is -2.32. The van der Waals surface area contributed by atoms with Gasteiger partial charge < -0.3 is 15.0 Å². The zero-order chi connectivity index (χ0) is 23.8. The van der Waals surface area contributed by atoms with E-state index in [9.17, 15) is 18.0 Å². The number of amides is 2. The average molecular weight is 474 g/mol. The van der Waals surface area contributed by atoms with Crippen molar-refractivity contribution in [3.8, 4) is 5.75 Å². The van der Waals surface area contributed by atoms with Gasteiger partial charge in [-0.05, 0) is 48.2 Å². The highest BCUT2D eigenvalue weighted by molar-refractivity contribution is 7.92. The molecule has 0 radical (unpaired) electrons. The Hall–Kier alpha value is -3.07. The lowest BCUT2D eigenvalue weighted by Gasteiger charge is -2.22. The van der Waals surface area contributed by atoms with Gasteiger partial charge in [-0.2, -0.15) is 0 Å². The maximum Gasteiger partial charge on any atom is 0.232 e. The fourth-order valence-electron chi connectivity index (χ4n) is 3.76. The van der Waals surface area contributed by atoms with Gasteiger partial charge in [0.05, 0.1) is 19.1 Å². The number of carbonyl (C=O) groups excluding carboxylic acids is 2. The summed E-state index contributed by atoms with van der Waals surface area (Å²) >= 11 is 0. The van der Waals surface area contributed by atoms with Crippen molar-refractivity contribution in [1.29, 1.82) is 0 Å². The van der Waals surface area contributed by atoms with Crippen molar-refractivity contribution in [3.05, 3.63) is 59.7 Å². The van der Waals surface area contributed by atoms with Gasteiger partial charge in [-0.15, -0.1) is 0 Å². The van der Waals surface area contributed by atoms with E-state index in [0.717, 1.165) is 30.3 Å². The van der Waals surface area contributed by atoms with Crippen molar-refractivity contribution >= 4 is 27.5 Å². The first kappa shape index (κ1) is 24.6. The summed E-state index contributed by atoms with van der Waals surface area (Å²) in [5.41, 5.74) is 2.57. The van der Waals surface area contributed by atoms with E-state index in [4.69, 9.17) is 4.74 Å². The molecule has 1 aliphatic heterocycles. The highest BCUT2D eigenvalue weighted by Gasteiger charge is 2.20. The van der Waals surface area contributed by atoms with E-state index in [2.05, 4.69) is 5.32 Å². The number of sulfonamides is 1. The molecule has 0 spiro atoms. The first-order chi connectivity index (χ1) is 15.8. The molecule has 1 heterocycles. The molecule has 1 fully saturated rings. The van der Waals surface area contributed by atoms with Crippen LogP contribution in [0, 0.1) is 0 Å². The number of likely N-dealkylation sites (tertiary alicyclic amines) is 1. The van der Waals surface area contributed by atoms with Crippen LogP contribution in [-0.4, -0.2) is 51.6 Å². The Morgan fingerprint density at radius 1 is 1.09 bits per heavy atom. The highest BCUT2D eigenvalue weighted by atomic mass is 32.2. The smallest absolute Gasteiger partial charge is 0.232 e. The summed E-state index contributed by atoms with van der Waals surface area (Å²) in [6.45, 7) is 2.04. The predicted molar refractivity (Wildman–Crippen MR) is 127 cm³/mol. The Balaban J connectivity index is 1.44. The topological polar surface area (TPSA) is 96.0 Å². The molecule has 0 aliphatic carbocycles. The van der Waals surface area contributed by atoms with Crippen molar-refractivity contribution in [2.75, 3.05) is 30.8 Å². The summed E-state index contributed by atoms with van der Waals surface area (Å²) in [5.74, 6) is 0.710. The lowest BCUT2D eigenvalue weighted by molar-refractivity contribution is -0.128. The SMILES string of the molecule is COc1ccc(N(CCCC(=O)NCc2ccc(CN3CCCC3=O)cc2)S(C)(=O)=O)cc1. The zero-order valence-corrected chi connectivity index (χ0v) is 19.9. The maximum absolute atomic E-state index is 12.3. The van der Waals surface area contributed by atoms with E-state index >= 15 is 0 Å². The molecule has 3 rings (SSSR count). The predicted octanol–water partition coefficient (Wildman–Crippen LogP) is 2.68. The standard InChI is InChI=1S/C24H31N3O5S/c1-32-22-13-11-21(12-14-22)27(33(2,30)31)16-3-5-23(28)25-17-19-7-9-20(10-8-19)18-26-15-4-6-24(26)29/h7-14H,3-6,15-18H2,1-2H3,(H,25,28). The summed E-state index contributed by atoms with van der Waals surface area (Å²) in [6.07, 6.45) is 3.32. The molecule has 2 aromatic carbocycles. The molecular weight excluding hydrogens is 442 g/mol. The average Bonchev–Trinajstić information content (AvgIpc) is 3.20. The number of hydrogen-bond acceptors (Lipinski definition) is 5.